The summed E-state index contributed by atoms with van der Waals surface area (Å²) in [5.74, 6) is 0.360. The Hall–Kier alpha value is -2.81. The Morgan fingerprint density at radius 1 is 0.967 bits per heavy atom. The van der Waals surface area contributed by atoms with Crippen LogP contribution in [0.3, 0.4) is 0 Å². The van der Waals surface area contributed by atoms with Gasteiger partial charge in [0.25, 0.3) is 0 Å². The minimum absolute atomic E-state index is 0.0220. The van der Waals surface area contributed by atoms with Crippen LogP contribution in [0.25, 0.3) is 33.3 Å². The normalized spacial score (nSPS) is 10.9. The average molecular weight is 459 g/mol. The number of nitrogens with one attached hydrogen (secondary N) is 1. The first-order valence-corrected chi connectivity index (χ1v) is 10.7. The van der Waals surface area contributed by atoms with E-state index in [1.54, 1.807) is 30.9 Å². The summed E-state index contributed by atoms with van der Waals surface area (Å²) in [6.07, 6.45) is 7.50. The predicted octanol–water partition coefficient (Wildman–Crippen LogP) is 5.56. The third kappa shape index (κ3) is 4.35. The second kappa shape index (κ2) is 8.91. The van der Waals surface area contributed by atoms with Gasteiger partial charge in [0, 0.05) is 30.7 Å². The second-order valence-corrected chi connectivity index (χ2v) is 8.14. The lowest BCUT2D eigenvalue weighted by atomic mass is 10.1. The van der Waals surface area contributed by atoms with Crippen LogP contribution in [0.2, 0.25) is 10.0 Å². The van der Waals surface area contributed by atoms with Gasteiger partial charge >= 0.3 is 0 Å². The van der Waals surface area contributed by atoms with Crippen molar-refractivity contribution in [2.45, 2.75) is 13.3 Å². The Morgan fingerprint density at radius 3 is 2.43 bits per heavy atom. The number of halogens is 2. The maximum atomic E-state index is 9.77. The number of thiazole rings is 1. The van der Waals surface area contributed by atoms with Crippen LogP contribution >= 0.6 is 34.5 Å². The molecule has 30 heavy (non-hydrogen) atoms. The van der Waals surface area contributed by atoms with E-state index in [1.807, 2.05) is 0 Å². The van der Waals surface area contributed by atoms with Gasteiger partial charge in [0.05, 0.1) is 32.5 Å². The first-order chi connectivity index (χ1) is 14.5. The molecule has 3 aromatic heterocycles. The van der Waals surface area contributed by atoms with E-state index in [0.717, 1.165) is 23.0 Å². The molecule has 0 aliphatic rings. The van der Waals surface area contributed by atoms with E-state index in [9.17, 15) is 5.11 Å². The van der Waals surface area contributed by atoms with E-state index in [2.05, 4.69) is 37.2 Å². The quantitative estimate of drug-likeness (QED) is 0.390. The molecule has 0 fully saturated rings. The summed E-state index contributed by atoms with van der Waals surface area (Å²) in [7, 11) is 0. The zero-order valence-corrected chi connectivity index (χ0v) is 18.1. The summed E-state index contributed by atoms with van der Waals surface area (Å²) in [6, 6.07) is 4.64. The fourth-order valence-electron chi connectivity index (χ4n) is 2.74. The number of benzene rings is 1. The average Bonchev–Trinajstić information content (AvgIpc) is 3.21. The number of phenols is 1. The van der Waals surface area contributed by atoms with Crippen molar-refractivity contribution in [3.05, 3.63) is 53.0 Å². The van der Waals surface area contributed by atoms with Crippen LogP contribution in [0.4, 0.5) is 5.13 Å². The number of anilines is 1. The molecule has 0 unspecified atom stereocenters. The third-order valence-electron chi connectivity index (χ3n) is 4.09. The van der Waals surface area contributed by atoms with E-state index in [-0.39, 0.29) is 15.8 Å². The second-order valence-electron chi connectivity index (χ2n) is 6.29. The number of hydrogen-bond donors (Lipinski definition) is 2. The monoisotopic (exact) mass is 458 g/mol. The van der Waals surface area contributed by atoms with Gasteiger partial charge in [0.2, 0.25) is 0 Å². The van der Waals surface area contributed by atoms with Crippen molar-refractivity contribution in [1.82, 2.24) is 24.9 Å². The van der Waals surface area contributed by atoms with Gasteiger partial charge in [-0.2, -0.15) is 0 Å². The number of hydrogen-bond acceptors (Lipinski definition) is 8. The molecular weight excluding hydrogens is 443 g/mol. The Balaban J connectivity index is 1.87. The number of phenolic OH excluding ortho intramolecular Hbond substituents is 1. The molecule has 0 saturated carbocycles. The third-order valence-corrected chi connectivity index (χ3v) is 5.66. The Kier molecular flexibility index (Phi) is 6.08. The summed E-state index contributed by atoms with van der Waals surface area (Å²) in [5.41, 5.74) is 2.18. The molecule has 0 saturated heterocycles. The molecule has 7 nitrogen and oxygen atoms in total. The van der Waals surface area contributed by atoms with Crippen molar-refractivity contribution in [2.24, 2.45) is 0 Å². The van der Waals surface area contributed by atoms with Crippen LogP contribution < -0.4 is 5.32 Å². The van der Waals surface area contributed by atoms with Crippen molar-refractivity contribution >= 4 is 39.7 Å². The molecule has 0 aliphatic carbocycles. The number of nitrogens with zero attached hydrogens (tertiary/aromatic N) is 5. The fraction of sp³-hybridized carbons (Fsp3) is 0.150. The van der Waals surface area contributed by atoms with Crippen LogP contribution in [0, 0.1) is 0 Å². The summed E-state index contributed by atoms with van der Waals surface area (Å²) in [5, 5.41) is 14.4. The Morgan fingerprint density at radius 2 is 1.73 bits per heavy atom. The van der Waals surface area contributed by atoms with Gasteiger partial charge in [0.15, 0.2) is 11.0 Å². The first-order valence-electron chi connectivity index (χ1n) is 9.09. The van der Waals surface area contributed by atoms with Gasteiger partial charge in [-0.05, 0) is 24.6 Å². The minimum Gasteiger partial charge on any atom is -0.508 e. The maximum absolute atomic E-state index is 9.77. The zero-order valence-electron chi connectivity index (χ0n) is 15.8. The smallest absolute Gasteiger partial charge is 0.183 e. The highest BCUT2D eigenvalue weighted by molar-refractivity contribution is 7.18. The molecule has 4 aromatic rings. The highest BCUT2D eigenvalue weighted by Gasteiger charge is 2.18. The Bertz CT molecular complexity index is 1160. The lowest BCUT2D eigenvalue weighted by molar-refractivity contribution is 0.475. The predicted molar refractivity (Wildman–Crippen MR) is 120 cm³/mol. The van der Waals surface area contributed by atoms with Gasteiger partial charge in [-0.15, -0.1) is 0 Å². The maximum Gasteiger partial charge on any atom is 0.183 e. The van der Waals surface area contributed by atoms with Gasteiger partial charge in [-0.25, -0.2) is 19.9 Å². The molecule has 10 heteroatoms. The van der Waals surface area contributed by atoms with Crippen LogP contribution in [0.1, 0.15) is 13.3 Å². The van der Waals surface area contributed by atoms with Crippen molar-refractivity contribution in [1.29, 1.82) is 0 Å². The SMILES string of the molecule is CCCNc1ncc(-c2cc(-c3c(Cl)cc(O)cc3Cl)nc(-c3cnccn3)n2)s1. The van der Waals surface area contributed by atoms with Crippen LogP contribution in [-0.4, -0.2) is 36.6 Å². The van der Waals surface area contributed by atoms with Crippen molar-refractivity contribution in [3.8, 4) is 39.1 Å². The van der Waals surface area contributed by atoms with E-state index in [4.69, 9.17) is 23.2 Å². The number of aromatic hydroxyl groups is 1. The van der Waals surface area contributed by atoms with Gasteiger partial charge in [-0.3, -0.25) is 4.98 Å². The van der Waals surface area contributed by atoms with Gasteiger partial charge < -0.3 is 10.4 Å². The van der Waals surface area contributed by atoms with Crippen molar-refractivity contribution in [2.75, 3.05) is 11.9 Å². The van der Waals surface area contributed by atoms with Gasteiger partial charge in [0.1, 0.15) is 11.4 Å². The summed E-state index contributed by atoms with van der Waals surface area (Å²) in [6.45, 7) is 2.93. The van der Waals surface area contributed by atoms with Crippen molar-refractivity contribution < 1.29 is 5.11 Å². The van der Waals surface area contributed by atoms with Crippen LogP contribution in [0.15, 0.2) is 43.0 Å². The van der Waals surface area contributed by atoms with Gasteiger partial charge in [-0.1, -0.05) is 41.5 Å². The lowest BCUT2D eigenvalue weighted by Crippen LogP contribution is -1.98. The van der Waals surface area contributed by atoms with E-state index >= 15 is 0 Å². The van der Waals surface area contributed by atoms with Crippen molar-refractivity contribution in [3.63, 3.8) is 0 Å². The topological polar surface area (TPSA) is 96.7 Å². The molecule has 0 amide bonds. The summed E-state index contributed by atoms with van der Waals surface area (Å²) >= 11 is 14.2. The molecule has 0 atom stereocenters. The van der Waals surface area contributed by atoms with E-state index < -0.39 is 0 Å². The molecule has 0 aliphatic heterocycles. The lowest BCUT2D eigenvalue weighted by Gasteiger charge is -2.10. The molecule has 152 valence electrons. The molecule has 0 radical (unpaired) electrons. The molecule has 3 heterocycles. The number of aromatic nitrogens is 5. The molecule has 4 rings (SSSR count). The highest BCUT2D eigenvalue weighted by Crippen LogP contribution is 2.39. The molecule has 2 N–H and O–H groups in total. The van der Waals surface area contributed by atoms with Crippen LogP contribution in [0.5, 0.6) is 5.75 Å². The number of rotatable bonds is 6. The van der Waals surface area contributed by atoms with Crippen LogP contribution in [-0.2, 0) is 0 Å². The standard InChI is InChI=1S/C20H16Cl2N6OS/c1-2-3-25-20-26-10-17(30-20)14-8-15(18-12(21)6-11(29)7-13(18)22)28-19(27-14)16-9-23-4-5-24-16/h4-10,29H,2-3H2,1H3,(H,25,26). The molecule has 1 aromatic carbocycles. The molecule has 0 spiro atoms. The Labute approximate surface area is 186 Å². The summed E-state index contributed by atoms with van der Waals surface area (Å²) < 4.78 is 0. The van der Waals surface area contributed by atoms with E-state index in [0.29, 0.717) is 28.5 Å². The largest absolute Gasteiger partial charge is 0.508 e. The zero-order chi connectivity index (χ0) is 21.1. The first kappa shape index (κ1) is 20.5. The molecular formula is C20H16Cl2N6OS. The summed E-state index contributed by atoms with van der Waals surface area (Å²) in [4.78, 5) is 23.0. The fourth-order valence-corrected chi connectivity index (χ4v) is 4.21. The highest BCUT2D eigenvalue weighted by atomic mass is 35.5. The minimum atomic E-state index is -0.0220. The van der Waals surface area contributed by atoms with E-state index in [1.165, 1.54) is 23.5 Å². The molecule has 0 bridgehead atoms.